The summed E-state index contributed by atoms with van der Waals surface area (Å²) >= 11 is 5.82. The Labute approximate surface area is 89.7 Å². The van der Waals surface area contributed by atoms with Crippen LogP contribution >= 0.6 is 11.6 Å². The quantitative estimate of drug-likeness (QED) is 0.435. The lowest BCUT2D eigenvalue weighted by molar-refractivity contribution is -0.202. The van der Waals surface area contributed by atoms with Crippen molar-refractivity contribution < 1.29 is 9.78 Å². The fraction of sp³-hybridized carbons (Fsp3) is 0.455. The molecule has 1 aromatic rings. The highest BCUT2D eigenvalue weighted by atomic mass is 35.5. The molecule has 2 nitrogen and oxygen atoms in total. The Morgan fingerprint density at radius 2 is 1.79 bits per heavy atom. The number of rotatable bonds is 4. The molecule has 0 aromatic heterocycles. The molecule has 0 aliphatic carbocycles. The van der Waals surface area contributed by atoms with Crippen molar-refractivity contribution in [1.29, 1.82) is 0 Å². The minimum atomic E-state index is 0.534. The van der Waals surface area contributed by atoms with Crippen molar-refractivity contribution in [2.24, 2.45) is 0 Å². The average Bonchev–Trinajstić information content (AvgIpc) is 2.14. The van der Waals surface area contributed by atoms with Crippen LogP contribution in [-0.4, -0.2) is 6.61 Å². The molecule has 0 unspecified atom stereocenters. The monoisotopic (exact) mass is 214 g/mol. The predicted octanol–water partition coefficient (Wildman–Crippen LogP) is 3.37. The van der Waals surface area contributed by atoms with E-state index >= 15 is 0 Å². The number of benzene rings is 1. The maximum Gasteiger partial charge on any atom is 0.165 e. The average molecular weight is 215 g/mol. The van der Waals surface area contributed by atoms with E-state index in [1.54, 1.807) is 0 Å². The Morgan fingerprint density at radius 1 is 1.21 bits per heavy atom. The molecule has 0 N–H and O–H groups in total. The first-order valence-corrected chi connectivity index (χ1v) is 5.18. The van der Waals surface area contributed by atoms with Gasteiger partial charge in [0, 0.05) is 5.88 Å². The van der Waals surface area contributed by atoms with E-state index in [1.165, 1.54) is 0 Å². The van der Waals surface area contributed by atoms with E-state index in [-0.39, 0.29) is 0 Å². The first kappa shape index (κ1) is 11.3. The van der Waals surface area contributed by atoms with Gasteiger partial charge in [0.15, 0.2) is 5.75 Å². The topological polar surface area (TPSA) is 18.5 Å². The summed E-state index contributed by atoms with van der Waals surface area (Å²) in [6, 6.07) is 3.86. The maximum atomic E-state index is 5.82. The van der Waals surface area contributed by atoms with Crippen LogP contribution in [0.3, 0.4) is 0 Å². The van der Waals surface area contributed by atoms with Crippen molar-refractivity contribution in [3.8, 4) is 5.75 Å². The van der Waals surface area contributed by atoms with Crippen LogP contribution in [0.15, 0.2) is 12.1 Å². The second-order valence-electron chi connectivity index (χ2n) is 3.16. The minimum absolute atomic E-state index is 0.534. The molecule has 0 aliphatic heterocycles. The SMILES string of the molecule is CCOOc1cc(C)c(CCl)c(C)c1. The molecule has 0 saturated carbocycles. The van der Waals surface area contributed by atoms with Crippen LogP contribution in [0.2, 0.25) is 0 Å². The van der Waals surface area contributed by atoms with E-state index in [9.17, 15) is 0 Å². The van der Waals surface area contributed by atoms with Crippen LogP contribution in [0.5, 0.6) is 5.75 Å². The van der Waals surface area contributed by atoms with Crippen LogP contribution in [0, 0.1) is 13.8 Å². The van der Waals surface area contributed by atoms with Gasteiger partial charge in [0.2, 0.25) is 0 Å². The smallest absolute Gasteiger partial charge is 0.165 e. The maximum absolute atomic E-state index is 5.82. The third-order valence-electron chi connectivity index (χ3n) is 2.08. The molecular formula is C11H15ClO2. The standard InChI is InChI=1S/C11H15ClO2/c1-4-13-14-10-5-8(2)11(7-12)9(3)6-10/h5-6H,4,7H2,1-3H3. The van der Waals surface area contributed by atoms with E-state index in [0.717, 1.165) is 22.4 Å². The molecule has 0 fully saturated rings. The number of alkyl halides is 1. The molecule has 0 amide bonds. The van der Waals surface area contributed by atoms with Gasteiger partial charge in [-0.15, -0.1) is 11.6 Å². The molecule has 0 heterocycles. The zero-order valence-corrected chi connectivity index (χ0v) is 9.52. The van der Waals surface area contributed by atoms with E-state index in [4.69, 9.17) is 21.4 Å². The molecule has 0 radical (unpaired) electrons. The Bertz CT molecular complexity index is 287. The summed E-state index contributed by atoms with van der Waals surface area (Å²) in [7, 11) is 0. The van der Waals surface area contributed by atoms with Crippen LogP contribution in [0.4, 0.5) is 0 Å². The largest absolute Gasteiger partial charge is 0.338 e. The second kappa shape index (κ2) is 5.23. The Hall–Kier alpha value is -0.730. The molecular weight excluding hydrogens is 200 g/mol. The fourth-order valence-corrected chi connectivity index (χ4v) is 1.76. The molecule has 0 aliphatic rings. The highest BCUT2D eigenvalue weighted by Gasteiger charge is 2.05. The molecule has 0 spiro atoms. The molecule has 1 rings (SSSR count). The summed E-state index contributed by atoms with van der Waals surface area (Å²) in [6.07, 6.45) is 0. The summed E-state index contributed by atoms with van der Waals surface area (Å²) in [6.45, 7) is 6.45. The predicted molar refractivity (Wildman–Crippen MR) is 57.7 cm³/mol. The van der Waals surface area contributed by atoms with Crippen molar-refractivity contribution in [3.05, 3.63) is 28.8 Å². The van der Waals surface area contributed by atoms with Crippen molar-refractivity contribution in [3.63, 3.8) is 0 Å². The van der Waals surface area contributed by atoms with E-state index < -0.39 is 0 Å². The van der Waals surface area contributed by atoms with E-state index in [1.807, 2.05) is 32.9 Å². The Balaban J connectivity index is 2.90. The van der Waals surface area contributed by atoms with Gasteiger partial charge in [0.25, 0.3) is 0 Å². The van der Waals surface area contributed by atoms with Gasteiger partial charge in [-0.3, -0.25) is 0 Å². The molecule has 0 saturated heterocycles. The van der Waals surface area contributed by atoms with Crippen molar-refractivity contribution in [2.45, 2.75) is 26.7 Å². The zero-order valence-electron chi connectivity index (χ0n) is 8.76. The third kappa shape index (κ3) is 2.63. The van der Waals surface area contributed by atoms with E-state index in [2.05, 4.69) is 0 Å². The van der Waals surface area contributed by atoms with Gasteiger partial charge in [0.1, 0.15) is 0 Å². The van der Waals surface area contributed by atoms with Crippen LogP contribution in [0.1, 0.15) is 23.6 Å². The molecule has 3 heteroatoms. The van der Waals surface area contributed by atoms with Gasteiger partial charge in [-0.05, 0) is 49.6 Å². The van der Waals surface area contributed by atoms with Crippen LogP contribution in [-0.2, 0) is 10.8 Å². The van der Waals surface area contributed by atoms with Gasteiger partial charge < -0.3 is 4.89 Å². The van der Waals surface area contributed by atoms with E-state index in [0.29, 0.717) is 12.5 Å². The van der Waals surface area contributed by atoms with Gasteiger partial charge in [-0.25, -0.2) is 0 Å². The third-order valence-corrected chi connectivity index (χ3v) is 2.34. The fourth-order valence-electron chi connectivity index (χ4n) is 1.34. The number of halogens is 1. The summed E-state index contributed by atoms with van der Waals surface area (Å²) < 4.78 is 0. The van der Waals surface area contributed by atoms with Crippen molar-refractivity contribution in [2.75, 3.05) is 6.61 Å². The highest BCUT2D eigenvalue weighted by molar-refractivity contribution is 6.17. The first-order chi connectivity index (χ1) is 6.69. The summed E-state index contributed by atoms with van der Waals surface area (Å²) in [5, 5.41) is 0. The number of hydrogen-bond acceptors (Lipinski definition) is 2. The number of aryl methyl sites for hydroxylation is 2. The van der Waals surface area contributed by atoms with Crippen molar-refractivity contribution >= 4 is 11.6 Å². The van der Waals surface area contributed by atoms with Gasteiger partial charge in [-0.1, -0.05) is 0 Å². The van der Waals surface area contributed by atoms with Gasteiger partial charge in [0.05, 0.1) is 6.61 Å². The zero-order chi connectivity index (χ0) is 10.6. The Morgan fingerprint density at radius 3 is 2.21 bits per heavy atom. The van der Waals surface area contributed by atoms with Gasteiger partial charge >= 0.3 is 0 Å². The lowest BCUT2D eigenvalue weighted by Gasteiger charge is -2.09. The number of hydrogen-bond donors (Lipinski definition) is 0. The molecule has 1 aromatic carbocycles. The molecule has 14 heavy (non-hydrogen) atoms. The molecule has 0 bridgehead atoms. The van der Waals surface area contributed by atoms with Crippen LogP contribution in [0.25, 0.3) is 0 Å². The van der Waals surface area contributed by atoms with Crippen molar-refractivity contribution in [1.82, 2.24) is 0 Å². The lowest BCUT2D eigenvalue weighted by atomic mass is 10.0. The first-order valence-electron chi connectivity index (χ1n) is 4.64. The highest BCUT2D eigenvalue weighted by Crippen LogP contribution is 2.23. The Kier molecular flexibility index (Phi) is 4.23. The normalized spacial score (nSPS) is 10.3. The second-order valence-corrected chi connectivity index (χ2v) is 3.43. The summed E-state index contributed by atoms with van der Waals surface area (Å²) in [5.41, 5.74) is 3.43. The lowest BCUT2D eigenvalue weighted by Crippen LogP contribution is -1.98. The van der Waals surface area contributed by atoms with Crippen LogP contribution < -0.4 is 4.89 Å². The molecule has 78 valence electrons. The summed E-state index contributed by atoms with van der Waals surface area (Å²) in [4.78, 5) is 9.94. The molecule has 0 atom stereocenters. The van der Waals surface area contributed by atoms with Gasteiger partial charge in [-0.2, -0.15) is 4.89 Å². The summed E-state index contributed by atoms with van der Waals surface area (Å²) in [5.74, 6) is 1.27. The minimum Gasteiger partial charge on any atom is -0.338 e.